The Morgan fingerprint density at radius 2 is 1.67 bits per heavy atom. The van der Waals surface area contributed by atoms with Crippen molar-refractivity contribution in [2.24, 2.45) is 0 Å². The molecule has 0 unspecified atom stereocenters. The van der Waals surface area contributed by atoms with Gasteiger partial charge in [0.2, 0.25) is 0 Å². The highest BCUT2D eigenvalue weighted by atomic mass is 32.2. The summed E-state index contributed by atoms with van der Waals surface area (Å²) in [6.07, 6.45) is 2.09. The number of rotatable bonds is 3. The summed E-state index contributed by atoms with van der Waals surface area (Å²) in [4.78, 5) is 1.18. The number of methoxy groups -OCH3 is 1. The van der Waals surface area contributed by atoms with E-state index >= 15 is 0 Å². The molecule has 1 nitrogen and oxygen atoms in total. The monoisotopic (exact) mass is 294 g/mol. The van der Waals surface area contributed by atoms with Crippen molar-refractivity contribution in [3.63, 3.8) is 0 Å². The molecule has 0 heterocycles. The van der Waals surface area contributed by atoms with E-state index in [0.717, 1.165) is 5.75 Å². The predicted molar refractivity (Wildman–Crippen MR) is 92.5 cm³/mol. The molecule has 0 aliphatic heterocycles. The Morgan fingerprint density at radius 3 is 2.38 bits per heavy atom. The topological polar surface area (TPSA) is 9.23 Å². The van der Waals surface area contributed by atoms with Gasteiger partial charge in [-0.25, -0.2) is 0 Å². The molecular formula is C19H18OS. The lowest BCUT2D eigenvalue weighted by Gasteiger charge is -2.17. The molecule has 0 atom stereocenters. The van der Waals surface area contributed by atoms with E-state index in [2.05, 4.69) is 67.8 Å². The van der Waals surface area contributed by atoms with E-state index in [1.807, 2.05) is 0 Å². The second-order valence-electron chi connectivity index (χ2n) is 5.02. The molecule has 106 valence electrons. The summed E-state index contributed by atoms with van der Waals surface area (Å²) in [6.45, 7) is 2.15. The van der Waals surface area contributed by atoms with Crippen LogP contribution >= 0.6 is 11.8 Å². The molecule has 0 aliphatic rings. The predicted octanol–water partition coefficient (Wildman–Crippen LogP) is 5.55. The van der Waals surface area contributed by atoms with Gasteiger partial charge in [-0.05, 0) is 41.1 Å². The second-order valence-corrected chi connectivity index (χ2v) is 5.87. The molecule has 0 aliphatic carbocycles. The number of aryl methyl sites for hydroxylation is 1. The molecule has 0 bridgehead atoms. The minimum atomic E-state index is 0.968. The zero-order valence-corrected chi connectivity index (χ0v) is 13.3. The third-order valence-corrected chi connectivity index (χ3v) is 4.55. The van der Waals surface area contributed by atoms with Gasteiger partial charge in [0, 0.05) is 5.56 Å². The van der Waals surface area contributed by atoms with Gasteiger partial charge < -0.3 is 4.74 Å². The summed E-state index contributed by atoms with van der Waals surface area (Å²) in [6, 6.07) is 19.2. The Labute approximate surface area is 130 Å². The smallest absolute Gasteiger partial charge is 0.140 e. The van der Waals surface area contributed by atoms with E-state index in [0.29, 0.717) is 0 Å². The number of fused-ring (bicyclic) bond motifs is 1. The van der Waals surface area contributed by atoms with E-state index in [1.165, 1.54) is 32.4 Å². The number of thioether (sulfide) groups is 1. The third-order valence-electron chi connectivity index (χ3n) is 3.81. The van der Waals surface area contributed by atoms with Crippen LogP contribution in [0.2, 0.25) is 0 Å². The van der Waals surface area contributed by atoms with E-state index in [1.54, 1.807) is 18.9 Å². The summed E-state index contributed by atoms with van der Waals surface area (Å²) in [7, 11) is 1.76. The van der Waals surface area contributed by atoms with Crippen molar-refractivity contribution >= 4 is 22.5 Å². The summed E-state index contributed by atoms with van der Waals surface area (Å²) in [5, 5.41) is 2.49. The van der Waals surface area contributed by atoms with Gasteiger partial charge in [0.25, 0.3) is 0 Å². The first-order valence-corrected chi connectivity index (χ1v) is 8.18. The van der Waals surface area contributed by atoms with E-state index in [-0.39, 0.29) is 0 Å². The van der Waals surface area contributed by atoms with Crippen LogP contribution in [0.5, 0.6) is 5.75 Å². The fourth-order valence-electron chi connectivity index (χ4n) is 2.78. The highest BCUT2D eigenvalue weighted by Gasteiger charge is 2.16. The van der Waals surface area contributed by atoms with Crippen LogP contribution in [0.3, 0.4) is 0 Å². The van der Waals surface area contributed by atoms with Crippen LogP contribution in [-0.4, -0.2) is 13.4 Å². The van der Waals surface area contributed by atoms with E-state index in [4.69, 9.17) is 4.74 Å². The Kier molecular flexibility index (Phi) is 3.89. The molecule has 0 radical (unpaired) electrons. The van der Waals surface area contributed by atoms with Crippen LogP contribution in [0.25, 0.3) is 21.9 Å². The van der Waals surface area contributed by atoms with Crippen LogP contribution in [0, 0.1) is 6.92 Å². The van der Waals surface area contributed by atoms with E-state index in [9.17, 15) is 0 Å². The second kappa shape index (κ2) is 5.82. The SMILES string of the molecule is COc1c(SC)cc2ccccc2c1-c1ccccc1C. The van der Waals surface area contributed by atoms with Crippen LogP contribution in [0.4, 0.5) is 0 Å². The Bertz CT molecular complexity index is 793. The largest absolute Gasteiger partial charge is 0.495 e. The molecule has 0 saturated heterocycles. The van der Waals surface area contributed by atoms with Crippen molar-refractivity contribution < 1.29 is 4.74 Å². The number of ether oxygens (including phenoxy) is 1. The molecule has 2 heteroatoms. The van der Waals surface area contributed by atoms with Crippen molar-refractivity contribution in [1.29, 1.82) is 0 Å². The van der Waals surface area contributed by atoms with Crippen molar-refractivity contribution in [2.45, 2.75) is 11.8 Å². The zero-order chi connectivity index (χ0) is 14.8. The Hall–Kier alpha value is -1.93. The fourth-order valence-corrected chi connectivity index (χ4v) is 3.39. The molecule has 3 rings (SSSR count). The van der Waals surface area contributed by atoms with Gasteiger partial charge in [0.1, 0.15) is 5.75 Å². The first kappa shape index (κ1) is 14.0. The standard InChI is InChI=1S/C19H18OS/c1-13-8-4-6-10-15(13)18-16-11-7-5-9-14(16)12-17(21-3)19(18)20-2/h4-12H,1-3H3. The average molecular weight is 294 g/mol. The quantitative estimate of drug-likeness (QED) is 0.586. The van der Waals surface area contributed by atoms with Gasteiger partial charge in [-0.3, -0.25) is 0 Å². The molecule has 21 heavy (non-hydrogen) atoms. The average Bonchev–Trinajstić information content (AvgIpc) is 2.53. The molecule has 0 N–H and O–H groups in total. The van der Waals surface area contributed by atoms with Gasteiger partial charge in [-0.2, -0.15) is 0 Å². The highest BCUT2D eigenvalue weighted by Crippen LogP contribution is 2.44. The van der Waals surface area contributed by atoms with Crippen molar-refractivity contribution in [3.8, 4) is 16.9 Å². The van der Waals surface area contributed by atoms with Crippen LogP contribution in [0.1, 0.15) is 5.56 Å². The van der Waals surface area contributed by atoms with Gasteiger partial charge in [0.15, 0.2) is 0 Å². The van der Waals surface area contributed by atoms with Crippen LogP contribution < -0.4 is 4.74 Å². The first-order chi connectivity index (χ1) is 10.3. The molecule has 3 aromatic carbocycles. The molecule has 0 saturated carbocycles. The lowest BCUT2D eigenvalue weighted by atomic mass is 9.94. The molecule has 0 spiro atoms. The molecule has 0 amide bonds. The zero-order valence-electron chi connectivity index (χ0n) is 12.5. The minimum Gasteiger partial charge on any atom is -0.495 e. The van der Waals surface area contributed by atoms with Crippen molar-refractivity contribution in [1.82, 2.24) is 0 Å². The summed E-state index contributed by atoms with van der Waals surface area (Å²) in [5.41, 5.74) is 3.69. The van der Waals surface area contributed by atoms with Crippen molar-refractivity contribution in [3.05, 3.63) is 60.2 Å². The van der Waals surface area contributed by atoms with Gasteiger partial charge in [0.05, 0.1) is 12.0 Å². The minimum absolute atomic E-state index is 0.968. The molecular weight excluding hydrogens is 276 g/mol. The highest BCUT2D eigenvalue weighted by molar-refractivity contribution is 7.98. The van der Waals surface area contributed by atoms with Crippen molar-refractivity contribution in [2.75, 3.05) is 13.4 Å². The fraction of sp³-hybridized carbons (Fsp3) is 0.158. The number of benzene rings is 3. The summed E-state index contributed by atoms with van der Waals surface area (Å²) >= 11 is 1.72. The van der Waals surface area contributed by atoms with Gasteiger partial charge in [-0.15, -0.1) is 11.8 Å². The van der Waals surface area contributed by atoms with Crippen LogP contribution in [-0.2, 0) is 0 Å². The van der Waals surface area contributed by atoms with Gasteiger partial charge >= 0.3 is 0 Å². The Balaban J connectivity index is 2.46. The number of hydrogen-bond acceptors (Lipinski definition) is 2. The maximum Gasteiger partial charge on any atom is 0.140 e. The summed E-state index contributed by atoms with van der Waals surface area (Å²) in [5.74, 6) is 0.968. The van der Waals surface area contributed by atoms with Gasteiger partial charge in [-0.1, -0.05) is 48.5 Å². The normalized spacial score (nSPS) is 10.8. The maximum atomic E-state index is 5.76. The Morgan fingerprint density at radius 1 is 0.952 bits per heavy atom. The summed E-state index contributed by atoms with van der Waals surface area (Å²) < 4.78 is 5.76. The molecule has 0 fully saturated rings. The number of hydrogen-bond donors (Lipinski definition) is 0. The lowest BCUT2D eigenvalue weighted by molar-refractivity contribution is 0.407. The maximum absolute atomic E-state index is 5.76. The van der Waals surface area contributed by atoms with E-state index < -0.39 is 0 Å². The van der Waals surface area contributed by atoms with Crippen LogP contribution in [0.15, 0.2) is 59.5 Å². The third kappa shape index (κ3) is 2.40. The molecule has 0 aromatic heterocycles. The first-order valence-electron chi connectivity index (χ1n) is 6.96. The lowest BCUT2D eigenvalue weighted by Crippen LogP contribution is -1.94. The molecule has 3 aromatic rings.